The van der Waals surface area contributed by atoms with Gasteiger partial charge < -0.3 is 11.1 Å². The van der Waals surface area contributed by atoms with Crippen molar-refractivity contribution < 1.29 is 0 Å². The highest BCUT2D eigenvalue weighted by Gasteiger charge is 2.64. The summed E-state index contributed by atoms with van der Waals surface area (Å²) in [6.45, 7) is 11.3. The second-order valence-electron chi connectivity index (χ2n) is 6.11. The van der Waals surface area contributed by atoms with E-state index in [1.165, 1.54) is 5.56 Å². The second-order valence-corrected chi connectivity index (χ2v) is 6.11. The minimum atomic E-state index is 0.336. The van der Waals surface area contributed by atoms with Crippen LogP contribution < -0.4 is 11.1 Å². The minimum Gasteiger partial charge on any atom is -0.397 e. The molecule has 0 heterocycles. The van der Waals surface area contributed by atoms with Crippen molar-refractivity contribution in [3.05, 3.63) is 23.8 Å². The molecule has 0 spiro atoms. The topological polar surface area (TPSA) is 38.0 Å². The van der Waals surface area contributed by atoms with Crippen LogP contribution in [0.3, 0.4) is 0 Å². The fourth-order valence-electron chi connectivity index (χ4n) is 2.51. The zero-order valence-corrected chi connectivity index (χ0v) is 10.9. The summed E-state index contributed by atoms with van der Waals surface area (Å²) >= 11 is 0. The minimum absolute atomic E-state index is 0.336. The third kappa shape index (κ3) is 1.48. The van der Waals surface area contributed by atoms with Gasteiger partial charge in [0.1, 0.15) is 0 Å². The number of hydrogen-bond acceptors (Lipinski definition) is 2. The van der Waals surface area contributed by atoms with Gasteiger partial charge in [-0.15, -0.1) is 0 Å². The van der Waals surface area contributed by atoms with Gasteiger partial charge in [0.15, 0.2) is 0 Å². The van der Waals surface area contributed by atoms with Crippen LogP contribution in [-0.4, -0.2) is 6.04 Å². The lowest BCUT2D eigenvalue weighted by Gasteiger charge is -2.11. The third-order valence-corrected chi connectivity index (χ3v) is 4.53. The van der Waals surface area contributed by atoms with Crippen LogP contribution in [0.25, 0.3) is 0 Å². The van der Waals surface area contributed by atoms with Crippen LogP contribution in [0.2, 0.25) is 0 Å². The van der Waals surface area contributed by atoms with Crippen molar-refractivity contribution in [3.8, 4) is 0 Å². The molecular weight excluding hydrogens is 196 g/mol. The van der Waals surface area contributed by atoms with Crippen LogP contribution in [0.5, 0.6) is 0 Å². The van der Waals surface area contributed by atoms with Gasteiger partial charge in [-0.3, -0.25) is 0 Å². The molecule has 0 radical (unpaired) electrons. The summed E-state index contributed by atoms with van der Waals surface area (Å²) in [5.74, 6) is 0. The molecule has 0 aliphatic heterocycles. The molecular formula is C14H22N2. The first-order valence-electron chi connectivity index (χ1n) is 5.89. The number of nitrogens with one attached hydrogen (secondary N) is 1. The zero-order chi connectivity index (χ0) is 12.1. The van der Waals surface area contributed by atoms with E-state index >= 15 is 0 Å². The fraction of sp³-hybridized carbons (Fsp3) is 0.571. The largest absolute Gasteiger partial charge is 0.397 e. The van der Waals surface area contributed by atoms with Crippen LogP contribution >= 0.6 is 0 Å². The molecule has 3 N–H and O–H groups in total. The molecule has 88 valence electrons. The molecule has 2 nitrogen and oxygen atoms in total. The maximum atomic E-state index is 5.98. The number of nitrogens with two attached hydrogens (primary N) is 1. The predicted octanol–water partition coefficient (Wildman–Crippen LogP) is 3.42. The number of aryl methyl sites for hydroxylation is 1. The first-order chi connectivity index (χ1) is 7.26. The standard InChI is InChI=1S/C14H22N2/c1-9-6-7-10(15)11(8-9)16-12-13(2,3)14(12,4)5/h6-8,12,16H,15H2,1-5H3. The van der Waals surface area contributed by atoms with E-state index in [9.17, 15) is 0 Å². The van der Waals surface area contributed by atoms with E-state index in [1.54, 1.807) is 0 Å². The van der Waals surface area contributed by atoms with Gasteiger partial charge >= 0.3 is 0 Å². The monoisotopic (exact) mass is 218 g/mol. The highest BCUT2D eigenvalue weighted by atomic mass is 15.1. The molecule has 1 aliphatic carbocycles. The van der Waals surface area contributed by atoms with Gasteiger partial charge in [-0.05, 0) is 35.4 Å². The van der Waals surface area contributed by atoms with E-state index in [0.29, 0.717) is 16.9 Å². The maximum absolute atomic E-state index is 5.98. The van der Waals surface area contributed by atoms with Crippen LogP contribution in [-0.2, 0) is 0 Å². The van der Waals surface area contributed by atoms with E-state index in [0.717, 1.165) is 11.4 Å². The number of anilines is 2. The summed E-state index contributed by atoms with van der Waals surface area (Å²) in [4.78, 5) is 0. The van der Waals surface area contributed by atoms with Crippen LogP contribution in [0, 0.1) is 17.8 Å². The van der Waals surface area contributed by atoms with E-state index in [-0.39, 0.29) is 0 Å². The Morgan fingerprint density at radius 2 is 1.69 bits per heavy atom. The average Bonchev–Trinajstić information content (AvgIpc) is 2.54. The van der Waals surface area contributed by atoms with Gasteiger partial charge in [-0.25, -0.2) is 0 Å². The molecule has 1 aliphatic rings. The lowest BCUT2D eigenvalue weighted by Crippen LogP contribution is -2.11. The second kappa shape index (κ2) is 3.16. The van der Waals surface area contributed by atoms with Gasteiger partial charge in [0.05, 0.1) is 11.4 Å². The molecule has 0 bridgehead atoms. The summed E-state index contributed by atoms with van der Waals surface area (Å²) in [6, 6.07) is 6.65. The van der Waals surface area contributed by atoms with Gasteiger partial charge in [0.2, 0.25) is 0 Å². The van der Waals surface area contributed by atoms with Crippen molar-refractivity contribution >= 4 is 11.4 Å². The third-order valence-electron chi connectivity index (χ3n) is 4.53. The Bertz CT molecular complexity index is 405. The van der Waals surface area contributed by atoms with E-state index in [1.807, 2.05) is 12.1 Å². The lowest BCUT2D eigenvalue weighted by atomic mass is 10.0. The van der Waals surface area contributed by atoms with Crippen molar-refractivity contribution in [2.24, 2.45) is 10.8 Å². The Hall–Kier alpha value is -1.18. The maximum Gasteiger partial charge on any atom is 0.0579 e. The smallest absolute Gasteiger partial charge is 0.0579 e. The summed E-state index contributed by atoms with van der Waals surface area (Å²) in [7, 11) is 0. The van der Waals surface area contributed by atoms with Crippen molar-refractivity contribution in [3.63, 3.8) is 0 Å². The van der Waals surface area contributed by atoms with Gasteiger partial charge in [-0.2, -0.15) is 0 Å². The van der Waals surface area contributed by atoms with Crippen LogP contribution in [0.15, 0.2) is 18.2 Å². The Morgan fingerprint density at radius 3 is 2.19 bits per heavy atom. The normalized spacial score (nSPS) is 21.8. The van der Waals surface area contributed by atoms with Gasteiger partial charge in [0, 0.05) is 6.04 Å². The predicted molar refractivity (Wildman–Crippen MR) is 70.6 cm³/mol. The van der Waals surface area contributed by atoms with Crippen molar-refractivity contribution in [1.29, 1.82) is 0 Å². The quantitative estimate of drug-likeness (QED) is 0.746. The summed E-state index contributed by atoms with van der Waals surface area (Å²) in [5.41, 5.74) is 9.81. The van der Waals surface area contributed by atoms with E-state index in [4.69, 9.17) is 5.73 Å². The molecule has 0 unspecified atom stereocenters. The average molecular weight is 218 g/mol. The molecule has 0 aromatic heterocycles. The Balaban J connectivity index is 2.21. The number of benzene rings is 1. The highest BCUT2D eigenvalue weighted by Crippen LogP contribution is 2.63. The Kier molecular flexibility index (Phi) is 2.23. The van der Waals surface area contributed by atoms with Crippen molar-refractivity contribution in [1.82, 2.24) is 0 Å². The van der Waals surface area contributed by atoms with Gasteiger partial charge in [-0.1, -0.05) is 33.8 Å². The highest BCUT2D eigenvalue weighted by molar-refractivity contribution is 5.68. The summed E-state index contributed by atoms with van der Waals surface area (Å²) in [5, 5.41) is 3.58. The number of rotatable bonds is 2. The van der Waals surface area contributed by atoms with Gasteiger partial charge in [0.25, 0.3) is 0 Å². The number of nitrogen functional groups attached to an aromatic ring is 1. The van der Waals surface area contributed by atoms with E-state index < -0.39 is 0 Å². The lowest BCUT2D eigenvalue weighted by molar-refractivity contribution is 0.457. The fourth-order valence-corrected chi connectivity index (χ4v) is 2.51. The molecule has 0 atom stereocenters. The summed E-state index contributed by atoms with van der Waals surface area (Å²) in [6.07, 6.45) is 0. The van der Waals surface area contributed by atoms with Crippen molar-refractivity contribution in [2.75, 3.05) is 11.1 Å². The molecule has 1 aromatic carbocycles. The molecule has 0 saturated heterocycles. The molecule has 2 rings (SSSR count). The number of hydrogen-bond donors (Lipinski definition) is 2. The molecule has 0 amide bonds. The van der Waals surface area contributed by atoms with Crippen LogP contribution in [0.4, 0.5) is 11.4 Å². The van der Waals surface area contributed by atoms with E-state index in [2.05, 4.69) is 46.0 Å². The van der Waals surface area contributed by atoms with Crippen LogP contribution in [0.1, 0.15) is 33.3 Å². The molecule has 2 heteroatoms. The molecule has 16 heavy (non-hydrogen) atoms. The summed E-state index contributed by atoms with van der Waals surface area (Å²) < 4.78 is 0. The molecule has 1 fully saturated rings. The molecule has 1 saturated carbocycles. The Labute approximate surface area is 98.2 Å². The first-order valence-corrected chi connectivity index (χ1v) is 5.89. The van der Waals surface area contributed by atoms with Crippen molar-refractivity contribution in [2.45, 2.75) is 40.7 Å². The SMILES string of the molecule is Cc1ccc(N)c(NC2C(C)(C)C2(C)C)c1. The first kappa shape index (κ1) is 11.3. The Morgan fingerprint density at radius 1 is 1.12 bits per heavy atom. The zero-order valence-electron chi connectivity index (χ0n) is 10.9. The molecule has 1 aromatic rings.